The molecular weight excluding hydrogens is 579 g/mol. The second-order valence-corrected chi connectivity index (χ2v) is 13.4. The van der Waals surface area contributed by atoms with Crippen LogP contribution in [0.25, 0.3) is 32.8 Å². The number of fused-ring (bicyclic) bond motifs is 4. The molecule has 8 rings (SSSR count). The van der Waals surface area contributed by atoms with Crippen molar-refractivity contribution in [3.63, 3.8) is 0 Å². The summed E-state index contributed by atoms with van der Waals surface area (Å²) in [5, 5.41) is 16.0. The Morgan fingerprint density at radius 2 is 1.96 bits per heavy atom. The van der Waals surface area contributed by atoms with Crippen LogP contribution in [0.5, 0.6) is 11.8 Å². The summed E-state index contributed by atoms with van der Waals surface area (Å²) in [6.07, 6.45) is 4.00. The van der Waals surface area contributed by atoms with Gasteiger partial charge >= 0.3 is 6.01 Å². The molecule has 4 atom stereocenters. The lowest BCUT2D eigenvalue weighted by Gasteiger charge is -2.31. The van der Waals surface area contributed by atoms with Gasteiger partial charge < -0.3 is 20.1 Å². The summed E-state index contributed by atoms with van der Waals surface area (Å²) in [5.41, 5.74) is 0.792. The molecule has 5 heterocycles. The smallest absolute Gasteiger partial charge is 0.319 e. The largest absolute Gasteiger partial charge is 0.508 e. The van der Waals surface area contributed by atoms with Gasteiger partial charge in [-0.15, -0.1) is 0 Å². The Kier molecular flexibility index (Phi) is 7.05. The van der Waals surface area contributed by atoms with Gasteiger partial charge in [0.2, 0.25) is 0 Å². The quantitative estimate of drug-likeness (QED) is 0.269. The number of rotatable bonds is 6. The van der Waals surface area contributed by atoms with E-state index in [9.17, 15) is 13.9 Å². The van der Waals surface area contributed by atoms with Gasteiger partial charge in [-0.1, -0.05) is 19.1 Å². The van der Waals surface area contributed by atoms with E-state index >= 15 is 4.39 Å². The zero-order valence-electron chi connectivity index (χ0n) is 25.5. The second-order valence-electron chi connectivity index (χ2n) is 13.4. The summed E-state index contributed by atoms with van der Waals surface area (Å²) in [7, 11) is 0. The number of hydrogen-bond donors (Lipinski definition) is 2. The number of anilines is 1. The Balaban J connectivity index is 1.26. The SMILES string of the molecule is CCc1c(F)ccc2cc(O)cc(-c3ccc4c(N5CC6CCCNC6C5)nc(OC[C@@]56CCCN5C[C@H](F)C6)nc4c3F)c12. The molecule has 4 aromatic rings. The minimum absolute atomic E-state index is 0.0340. The van der Waals surface area contributed by atoms with Crippen molar-refractivity contribution in [1.29, 1.82) is 0 Å². The van der Waals surface area contributed by atoms with E-state index in [-0.39, 0.29) is 35.3 Å². The van der Waals surface area contributed by atoms with E-state index in [1.165, 1.54) is 12.1 Å². The van der Waals surface area contributed by atoms with Gasteiger partial charge in [0, 0.05) is 43.0 Å². The summed E-state index contributed by atoms with van der Waals surface area (Å²) in [6.45, 7) is 5.88. The van der Waals surface area contributed by atoms with Gasteiger partial charge in [0.1, 0.15) is 35.7 Å². The minimum Gasteiger partial charge on any atom is -0.508 e. The van der Waals surface area contributed by atoms with E-state index in [0.717, 1.165) is 51.9 Å². The Bertz CT molecular complexity index is 1790. The van der Waals surface area contributed by atoms with Gasteiger partial charge in [0.25, 0.3) is 0 Å². The molecular formula is C35H38F3N5O2. The normalized spacial score (nSPS) is 26.6. The Morgan fingerprint density at radius 1 is 1.07 bits per heavy atom. The van der Waals surface area contributed by atoms with E-state index in [1.54, 1.807) is 18.2 Å². The topological polar surface area (TPSA) is 73.8 Å². The average molecular weight is 618 g/mol. The zero-order valence-corrected chi connectivity index (χ0v) is 25.5. The van der Waals surface area contributed by atoms with Crippen LogP contribution in [0.2, 0.25) is 0 Å². The number of phenolic OH excluding ortho intramolecular Hbond substituents is 1. The van der Waals surface area contributed by atoms with E-state index in [2.05, 4.69) is 20.1 Å². The molecule has 3 aromatic carbocycles. The molecule has 0 saturated carbocycles. The maximum atomic E-state index is 16.9. The highest BCUT2D eigenvalue weighted by atomic mass is 19.1. The molecule has 4 aliphatic heterocycles. The standard InChI is InChI=1S/C35H38F3N5O2/c1-2-24-28(37)9-6-20-13-23(44)14-27(30(20)24)25-7-8-26-32(31(25)38)40-34(45-19-35-10-4-12-43(35)17-22(36)15-35)41-33(26)42-16-21-5-3-11-39-29(21)18-42/h6-9,13-14,21-22,29,39,44H,2-5,10-12,15-19H2,1H3/t21?,22-,29?,35+/m1/s1. The van der Waals surface area contributed by atoms with E-state index < -0.39 is 17.5 Å². The zero-order chi connectivity index (χ0) is 30.9. The van der Waals surface area contributed by atoms with Crippen LogP contribution in [0.15, 0.2) is 36.4 Å². The molecule has 0 bridgehead atoms. The van der Waals surface area contributed by atoms with Crippen molar-refractivity contribution < 1.29 is 23.0 Å². The first-order chi connectivity index (χ1) is 21.8. The van der Waals surface area contributed by atoms with Crippen LogP contribution < -0.4 is 15.0 Å². The molecule has 0 amide bonds. The van der Waals surface area contributed by atoms with Crippen LogP contribution in [0.3, 0.4) is 0 Å². The van der Waals surface area contributed by atoms with E-state index in [4.69, 9.17) is 9.72 Å². The van der Waals surface area contributed by atoms with Crippen molar-refractivity contribution in [2.75, 3.05) is 44.2 Å². The van der Waals surface area contributed by atoms with Crippen LogP contribution in [0, 0.1) is 17.6 Å². The van der Waals surface area contributed by atoms with E-state index in [1.807, 2.05) is 13.0 Å². The van der Waals surface area contributed by atoms with Gasteiger partial charge in [-0.05, 0) is 97.3 Å². The molecule has 0 aliphatic carbocycles. The molecule has 7 nitrogen and oxygen atoms in total. The first kappa shape index (κ1) is 28.8. The Labute approximate surface area is 260 Å². The van der Waals surface area contributed by atoms with Gasteiger partial charge in [-0.2, -0.15) is 9.97 Å². The van der Waals surface area contributed by atoms with Crippen molar-refractivity contribution in [3.8, 4) is 22.9 Å². The molecule has 236 valence electrons. The van der Waals surface area contributed by atoms with Crippen molar-refractivity contribution in [2.45, 2.75) is 63.2 Å². The summed E-state index contributed by atoms with van der Waals surface area (Å²) in [4.78, 5) is 13.9. The van der Waals surface area contributed by atoms with Crippen LogP contribution in [-0.4, -0.2) is 77.1 Å². The number of aromatic nitrogens is 2. The predicted octanol–water partition coefficient (Wildman–Crippen LogP) is 6.14. The lowest BCUT2D eigenvalue weighted by Crippen LogP contribution is -2.43. The molecule has 2 unspecified atom stereocenters. The Morgan fingerprint density at radius 3 is 2.80 bits per heavy atom. The third kappa shape index (κ3) is 4.79. The maximum absolute atomic E-state index is 16.9. The van der Waals surface area contributed by atoms with Crippen molar-refractivity contribution >= 4 is 27.5 Å². The molecule has 10 heteroatoms. The number of ether oxygens (including phenoxy) is 1. The molecule has 4 saturated heterocycles. The van der Waals surface area contributed by atoms with Crippen molar-refractivity contribution in [3.05, 3.63) is 53.6 Å². The number of piperidine rings is 1. The molecule has 2 N–H and O–H groups in total. The number of alkyl halides is 1. The fraction of sp³-hybridized carbons (Fsp3) is 0.486. The summed E-state index contributed by atoms with van der Waals surface area (Å²) in [6, 6.07) is 9.96. The number of aromatic hydroxyl groups is 1. The Hall–Kier alpha value is -3.63. The first-order valence-electron chi connectivity index (χ1n) is 16.3. The molecule has 0 radical (unpaired) electrons. The monoisotopic (exact) mass is 617 g/mol. The first-order valence-corrected chi connectivity index (χ1v) is 16.3. The molecule has 4 aliphatic rings. The summed E-state index contributed by atoms with van der Waals surface area (Å²) >= 11 is 0. The van der Waals surface area contributed by atoms with Crippen molar-refractivity contribution in [1.82, 2.24) is 20.2 Å². The lowest BCUT2D eigenvalue weighted by atomic mass is 9.92. The van der Waals surface area contributed by atoms with Gasteiger partial charge in [0.15, 0.2) is 5.82 Å². The van der Waals surface area contributed by atoms with Crippen LogP contribution in [-0.2, 0) is 6.42 Å². The highest BCUT2D eigenvalue weighted by Gasteiger charge is 2.49. The summed E-state index contributed by atoms with van der Waals surface area (Å²) < 4.78 is 52.6. The predicted molar refractivity (Wildman–Crippen MR) is 169 cm³/mol. The summed E-state index contributed by atoms with van der Waals surface area (Å²) in [5.74, 6) is 0.107. The highest BCUT2D eigenvalue weighted by Crippen LogP contribution is 2.43. The van der Waals surface area contributed by atoms with Gasteiger partial charge in [0.05, 0.1) is 5.54 Å². The van der Waals surface area contributed by atoms with Crippen LogP contribution >= 0.6 is 0 Å². The number of nitrogens with one attached hydrogen (secondary N) is 1. The fourth-order valence-electron chi connectivity index (χ4n) is 8.56. The van der Waals surface area contributed by atoms with Gasteiger partial charge in [-0.25, -0.2) is 13.2 Å². The average Bonchev–Trinajstić information content (AvgIpc) is 3.72. The second kappa shape index (κ2) is 11.0. The van der Waals surface area contributed by atoms with Crippen LogP contribution in [0.4, 0.5) is 19.0 Å². The maximum Gasteiger partial charge on any atom is 0.319 e. The third-order valence-electron chi connectivity index (χ3n) is 10.7. The molecule has 4 fully saturated rings. The number of benzene rings is 3. The molecule has 1 aromatic heterocycles. The molecule has 45 heavy (non-hydrogen) atoms. The lowest BCUT2D eigenvalue weighted by molar-refractivity contribution is 0.107. The third-order valence-corrected chi connectivity index (χ3v) is 10.7. The molecule has 0 spiro atoms. The van der Waals surface area contributed by atoms with E-state index in [0.29, 0.717) is 64.4 Å². The number of halogens is 3. The number of nitrogens with zero attached hydrogens (tertiary/aromatic N) is 4. The minimum atomic E-state index is -0.891. The van der Waals surface area contributed by atoms with Gasteiger partial charge in [-0.3, -0.25) is 4.90 Å². The number of phenols is 1. The fourth-order valence-corrected chi connectivity index (χ4v) is 8.56. The number of hydrogen-bond acceptors (Lipinski definition) is 7. The van der Waals surface area contributed by atoms with Crippen molar-refractivity contribution in [2.24, 2.45) is 5.92 Å². The van der Waals surface area contributed by atoms with Crippen LogP contribution in [0.1, 0.15) is 44.6 Å². The number of aryl methyl sites for hydroxylation is 1. The highest BCUT2D eigenvalue weighted by molar-refractivity contribution is 6.03.